The van der Waals surface area contributed by atoms with Crippen molar-refractivity contribution in [3.8, 4) is 0 Å². The van der Waals surface area contributed by atoms with Gasteiger partial charge in [0.1, 0.15) is 0 Å². The van der Waals surface area contributed by atoms with Crippen LogP contribution in [0.1, 0.15) is 27.2 Å². The van der Waals surface area contributed by atoms with E-state index in [-0.39, 0.29) is 0 Å². The topological polar surface area (TPSA) is 0 Å². The van der Waals surface area contributed by atoms with Crippen LogP contribution >= 0.6 is 0 Å². The van der Waals surface area contributed by atoms with Crippen molar-refractivity contribution in [1.82, 2.24) is 0 Å². The van der Waals surface area contributed by atoms with Crippen molar-refractivity contribution in [3.05, 3.63) is 12.2 Å². The van der Waals surface area contributed by atoms with Gasteiger partial charge < -0.3 is 0 Å². The highest BCUT2D eigenvalue weighted by Gasteiger charge is 2.58. The van der Waals surface area contributed by atoms with E-state index in [2.05, 4.69) is 32.9 Å². The van der Waals surface area contributed by atoms with Crippen LogP contribution in [0.3, 0.4) is 0 Å². The zero-order valence-electron chi connectivity index (χ0n) is 7.09. The van der Waals surface area contributed by atoms with E-state index in [9.17, 15) is 0 Å². The second kappa shape index (κ2) is 1.66. The van der Waals surface area contributed by atoms with E-state index in [0.29, 0.717) is 5.41 Å². The molecule has 0 saturated heterocycles. The first-order valence-electron chi connectivity index (χ1n) is 4.36. The minimum Gasteiger partial charge on any atom is -0.0848 e. The summed E-state index contributed by atoms with van der Waals surface area (Å²) in [5.74, 6) is 2.73. The van der Waals surface area contributed by atoms with E-state index in [1.807, 2.05) is 0 Å². The molecule has 1 saturated carbocycles. The molecule has 0 spiro atoms. The van der Waals surface area contributed by atoms with E-state index in [0.717, 1.165) is 17.8 Å². The highest BCUT2D eigenvalue weighted by Crippen LogP contribution is 2.65. The molecule has 0 heterocycles. The van der Waals surface area contributed by atoms with Crippen LogP contribution in [0.5, 0.6) is 0 Å². The molecule has 56 valence electrons. The lowest BCUT2D eigenvalue weighted by Crippen LogP contribution is -2.06. The van der Waals surface area contributed by atoms with E-state index in [4.69, 9.17) is 0 Å². The second-order valence-electron chi connectivity index (χ2n) is 4.30. The molecule has 0 aromatic carbocycles. The van der Waals surface area contributed by atoms with Crippen LogP contribution in [0.4, 0.5) is 0 Å². The van der Waals surface area contributed by atoms with Gasteiger partial charge >= 0.3 is 0 Å². The molecule has 1 fully saturated rings. The molecule has 2 rings (SSSR count). The molecule has 0 N–H and O–H groups in total. The number of hydrogen-bond donors (Lipinski definition) is 0. The van der Waals surface area contributed by atoms with Crippen LogP contribution in [-0.4, -0.2) is 0 Å². The fraction of sp³-hybridized carbons (Fsp3) is 0.800. The minimum atomic E-state index is 0.652. The van der Waals surface area contributed by atoms with Crippen LogP contribution in [0.25, 0.3) is 0 Å². The van der Waals surface area contributed by atoms with Crippen LogP contribution < -0.4 is 0 Å². The average Bonchev–Trinajstić information content (AvgIpc) is 2.52. The molecule has 0 aromatic heterocycles. The van der Waals surface area contributed by atoms with E-state index >= 15 is 0 Å². The van der Waals surface area contributed by atoms with Crippen molar-refractivity contribution < 1.29 is 0 Å². The van der Waals surface area contributed by atoms with Crippen LogP contribution in [-0.2, 0) is 0 Å². The minimum absolute atomic E-state index is 0.652. The van der Waals surface area contributed by atoms with Crippen molar-refractivity contribution in [2.24, 2.45) is 23.2 Å². The maximum absolute atomic E-state index is 2.47. The Morgan fingerprint density at radius 3 is 2.40 bits per heavy atom. The summed E-state index contributed by atoms with van der Waals surface area (Å²) in [6, 6.07) is 0. The van der Waals surface area contributed by atoms with Crippen molar-refractivity contribution in [2.75, 3.05) is 0 Å². The Balaban J connectivity index is 2.19. The molecule has 0 aliphatic heterocycles. The van der Waals surface area contributed by atoms with Gasteiger partial charge in [-0.15, -0.1) is 0 Å². The molecule has 0 bridgehead atoms. The third-order valence-corrected chi connectivity index (χ3v) is 3.52. The lowest BCUT2D eigenvalue weighted by Gasteiger charge is -2.13. The van der Waals surface area contributed by atoms with E-state index < -0.39 is 0 Å². The molecule has 0 amide bonds. The average molecular weight is 136 g/mol. The summed E-state index contributed by atoms with van der Waals surface area (Å²) in [5, 5.41) is 0. The third-order valence-electron chi connectivity index (χ3n) is 3.52. The maximum Gasteiger partial charge on any atom is -0.00579 e. The van der Waals surface area contributed by atoms with Gasteiger partial charge in [-0.1, -0.05) is 32.9 Å². The molecule has 0 aromatic rings. The summed E-state index contributed by atoms with van der Waals surface area (Å²) in [7, 11) is 0. The summed E-state index contributed by atoms with van der Waals surface area (Å²) < 4.78 is 0. The Bertz CT molecular complexity index is 178. The second-order valence-corrected chi connectivity index (χ2v) is 4.30. The van der Waals surface area contributed by atoms with Crippen LogP contribution in [0.2, 0.25) is 0 Å². The Kier molecular flexibility index (Phi) is 1.07. The van der Waals surface area contributed by atoms with Crippen LogP contribution in [0.15, 0.2) is 12.2 Å². The van der Waals surface area contributed by atoms with Crippen molar-refractivity contribution >= 4 is 0 Å². The van der Waals surface area contributed by atoms with Crippen molar-refractivity contribution in [3.63, 3.8) is 0 Å². The number of rotatable bonds is 1. The highest BCUT2D eigenvalue weighted by molar-refractivity contribution is 5.25. The molecule has 0 heteroatoms. The molecular formula is C10H16. The maximum atomic E-state index is 2.47. The molecule has 2 aliphatic rings. The summed E-state index contributed by atoms with van der Waals surface area (Å²) in [6.45, 7) is 7.04. The molecule has 10 heavy (non-hydrogen) atoms. The lowest BCUT2D eigenvalue weighted by molar-refractivity contribution is 0.401. The predicted molar refractivity (Wildman–Crippen MR) is 43.7 cm³/mol. The largest absolute Gasteiger partial charge is 0.0848 e. The quantitative estimate of drug-likeness (QED) is 0.486. The van der Waals surface area contributed by atoms with Gasteiger partial charge in [-0.3, -0.25) is 0 Å². The summed E-state index contributed by atoms with van der Waals surface area (Å²) in [4.78, 5) is 0. The number of allylic oxidation sites excluding steroid dienone is 2. The zero-order valence-corrected chi connectivity index (χ0v) is 7.09. The first kappa shape index (κ1) is 6.45. The Labute approximate surface area is 63.3 Å². The molecule has 0 nitrogen and oxygen atoms in total. The third kappa shape index (κ3) is 0.574. The molecule has 0 unspecified atom stereocenters. The van der Waals surface area contributed by atoms with Gasteiger partial charge in [0, 0.05) is 0 Å². The molecule has 2 aliphatic carbocycles. The van der Waals surface area contributed by atoms with Gasteiger partial charge in [0.2, 0.25) is 0 Å². The monoisotopic (exact) mass is 136 g/mol. The standard InChI is InChI=1S/C10H16/c1-7(2)10-5-4-8(3)9(10)6-10/h4-5,7-9H,6H2,1-3H3/t8-,9+,10+/m0/s1. The summed E-state index contributed by atoms with van der Waals surface area (Å²) in [6.07, 6.45) is 6.32. The normalized spacial score (nSPS) is 50.0. The van der Waals surface area contributed by atoms with Gasteiger partial charge in [-0.2, -0.15) is 0 Å². The van der Waals surface area contributed by atoms with Gasteiger partial charge in [0.05, 0.1) is 0 Å². The van der Waals surface area contributed by atoms with Gasteiger partial charge in [0.25, 0.3) is 0 Å². The molecule has 0 radical (unpaired) electrons. The lowest BCUT2D eigenvalue weighted by atomic mass is 9.91. The number of hydrogen-bond acceptors (Lipinski definition) is 0. The smallest absolute Gasteiger partial charge is 0.00579 e. The highest BCUT2D eigenvalue weighted by atomic mass is 14.6. The predicted octanol–water partition coefficient (Wildman–Crippen LogP) is 2.85. The summed E-state index contributed by atoms with van der Waals surface area (Å²) in [5.41, 5.74) is 0.652. The Morgan fingerprint density at radius 2 is 2.20 bits per heavy atom. The van der Waals surface area contributed by atoms with Crippen molar-refractivity contribution in [1.29, 1.82) is 0 Å². The zero-order chi connectivity index (χ0) is 7.35. The van der Waals surface area contributed by atoms with Gasteiger partial charge in [-0.05, 0) is 29.6 Å². The fourth-order valence-electron chi connectivity index (χ4n) is 2.51. The van der Waals surface area contributed by atoms with Gasteiger partial charge in [-0.25, -0.2) is 0 Å². The first-order chi connectivity index (χ1) is 4.67. The number of fused-ring (bicyclic) bond motifs is 1. The van der Waals surface area contributed by atoms with Gasteiger partial charge in [0.15, 0.2) is 0 Å². The van der Waals surface area contributed by atoms with Crippen LogP contribution in [0, 0.1) is 23.2 Å². The SMILES string of the molecule is CC(C)[C@]12C=C[C@H](C)[C@H]1C2. The molecular weight excluding hydrogens is 120 g/mol. The summed E-state index contributed by atoms with van der Waals surface area (Å²) >= 11 is 0. The first-order valence-corrected chi connectivity index (χ1v) is 4.36. The Morgan fingerprint density at radius 1 is 1.50 bits per heavy atom. The molecule has 3 atom stereocenters. The van der Waals surface area contributed by atoms with E-state index in [1.165, 1.54) is 6.42 Å². The fourth-order valence-corrected chi connectivity index (χ4v) is 2.51. The van der Waals surface area contributed by atoms with E-state index in [1.54, 1.807) is 0 Å². The Hall–Kier alpha value is -0.260. The van der Waals surface area contributed by atoms with Crippen molar-refractivity contribution in [2.45, 2.75) is 27.2 Å².